The second-order valence-electron chi connectivity index (χ2n) is 4.31. The maximum Gasteiger partial charge on any atom is 0.246 e. The molecule has 2 rings (SSSR count). The maximum atomic E-state index is 11.8. The topological polar surface area (TPSA) is 40.5 Å². The fraction of sp³-hybridized carbons (Fsp3) is 0.357. The van der Waals surface area contributed by atoms with E-state index in [9.17, 15) is 9.90 Å². The second kappa shape index (κ2) is 5.53. The number of hydrogen-bond acceptors (Lipinski definition) is 2. The molecule has 1 aliphatic rings. The number of nitrogens with zero attached hydrogens (tertiary/aromatic N) is 1. The third-order valence-corrected chi connectivity index (χ3v) is 2.96. The molecule has 1 heterocycles. The average molecular weight is 231 g/mol. The highest BCUT2D eigenvalue weighted by molar-refractivity contribution is 5.91. The number of phenols is 1. The van der Waals surface area contributed by atoms with Gasteiger partial charge >= 0.3 is 0 Å². The van der Waals surface area contributed by atoms with Crippen LogP contribution in [0.2, 0.25) is 0 Å². The van der Waals surface area contributed by atoms with E-state index >= 15 is 0 Å². The smallest absolute Gasteiger partial charge is 0.246 e. The lowest BCUT2D eigenvalue weighted by Crippen LogP contribution is -2.34. The molecular formula is C14H17NO2. The van der Waals surface area contributed by atoms with Gasteiger partial charge in [-0.05, 0) is 43.0 Å². The summed E-state index contributed by atoms with van der Waals surface area (Å²) in [7, 11) is 0. The van der Waals surface area contributed by atoms with Crippen molar-refractivity contribution in [2.24, 2.45) is 0 Å². The number of hydrogen-bond donors (Lipinski definition) is 1. The van der Waals surface area contributed by atoms with E-state index in [0.29, 0.717) is 0 Å². The first-order valence-electron chi connectivity index (χ1n) is 6.02. The monoisotopic (exact) mass is 231 g/mol. The van der Waals surface area contributed by atoms with Crippen LogP contribution >= 0.6 is 0 Å². The molecule has 0 bridgehead atoms. The van der Waals surface area contributed by atoms with Crippen LogP contribution in [0.1, 0.15) is 24.8 Å². The highest BCUT2D eigenvalue weighted by Gasteiger charge is 2.13. The van der Waals surface area contributed by atoms with Crippen molar-refractivity contribution in [2.45, 2.75) is 19.3 Å². The Morgan fingerprint density at radius 2 is 2.00 bits per heavy atom. The van der Waals surface area contributed by atoms with Crippen LogP contribution in [0.25, 0.3) is 6.08 Å². The van der Waals surface area contributed by atoms with Gasteiger partial charge in [0.2, 0.25) is 5.91 Å². The molecule has 0 atom stereocenters. The van der Waals surface area contributed by atoms with Gasteiger partial charge in [0, 0.05) is 19.2 Å². The van der Waals surface area contributed by atoms with Crippen molar-refractivity contribution in [2.75, 3.05) is 13.1 Å². The normalized spacial score (nSPS) is 16.4. The van der Waals surface area contributed by atoms with Crippen molar-refractivity contribution >= 4 is 12.0 Å². The molecule has 0 unspecified atom stereocenters. The number of carbonyl (C=O) groups excluding carboxylic acids is 1. The summed E-state index contributed by atoms with van der Waals surface area (Å²) in [6.45, 7) is 1.73. The zero-order valence-corrected chi connectivity index (χ0v) is 9.80. The number of benzene rings is 1. The van der Waals surface area contributed by atoms with Crippen molar-refractivity contribution in [3.63, 3.8) is 0 Å². The number of likely N-dealkylation sites (tertiary alicyclic amines) is 1. The van der Waals surface area contributed by atoms with E-state index in [0.717, 1.165) is 31.5 Å². The summed E-state index contributed by atoms with van der Waals surface area (Å²) >= 11 is 0. The minimum Gasteiger partial charge on any atom is -0.508 e. The SMILES string of the molecule is O=C(/C=C/c1cccc(O)c1)N1CCCCC1. The third-order valence-electron chi connectivity index (χ3n) is 2.96. The van der Waals surface area contributed by atoms with Crippen LogP contribution in [0.3, 0.4) is 0 Å². The van der Waals surface area contributed by atoms with E-state index in [-0.39, 0.29) is 11.7 Å². The number of piperidine rings is 1. The number of amides is 1. The Balaban J connectivity index is 1.97. The van der Waals surface area contributed by atoms with Gasteiger partial charge in [0.1, 0.15) is 5.75 Å². The third kappa shape index (κ3) is 3.34. The molecule has 1 aromatic rings. The first kappa shape index (κ1) is 11.7. The number of aromatic hydroxyl groups is 1. The predicted molar refractivity (Wildman–Crippen MR) is 67.6 cm³/mol. The van der Waals surface area contributed by atoms with E-state index < -0.39 is 0 Å². The Morgan fingerprint density at radius 1 is 1.24 bits per heavy atom. The summed E-state index contributed by atoms with van der Waals surface area (Å²) in [6, 6.07) is 6.88. The summed E-state index contributed by atoms with van der Waals surface area (Å²) in [5, 5.41) is 9.30. The van der Waals surface area contributed by atoms with Gasteiger partial charge in [0.25, 0.3) is 0 Å². The summed E-state index contributed by atoms with van der Waals surface area (Å²) < 4.78 is 0. The van der Waals surface area contributed by atoms with Crippen molar-refractivity contribution in [3.05, 3.63) is 35.9 Å². The van der Waals surface area contributed by atoms with Gasteiger partial charge in [-0.15, -0.1) is 0 Å². The Kier molecular flexibility index (Phi) is 3.81. The quantitative estimate of drug-likeness (QED) is 0.794. The van der Waals surface area contributed by atoms with Crippen molar-refractivity contribution < 1.29 is 9.90 Å². The van der Waals surface area contributed by atoms with Gasteiger partial charge in [-0.2, -0.15) is 0 Å². The minimum absolute atomic E-state index is 0.0630. The van der Waals surface area contributed by atoms with Gasteiger partial charge in [0.15, 0.2) is 0 Å². The Bertz CT molecular complexity index is 420. The average Bonchev–Trinajstić information content (AvgIpc) is 2.37. The summed E-state index contributed by atoms with van der Waals surface area (Å²) in [6.07, 6.45) is 6.76. The molecule has 1 saturated heterocycles. The molecule has 1 aromatic carbocycles. The van der Waals surface area contributed by atoms with E-state index in [1.54, 1.807) is 30.4 Å². The van der Waals surface area contributed by atoms with E-state index in [1.807, 2.05) is 11.0 Å². The van der Waals surface area contributed by atoms with E-state index in [1.165, 1.54) is 6.42 Å². The fourth-order valence-corrected chi connectivity index (χ4v) is 2.02. The maximum absolute atomic E-state index is 11.8. The lowest BCUT2D eigenvalue weighted by Gasteiger charge is -2.25. The molecule has 3 heteroatoms. The van der Waals surface area contributed by atoms with Gasteiger partial charge in [0.05, 0.1) is 0 Å². The lowest BCUT2D eigenvalue weighted by molar-refractivity contribution is -0.126. The van der Waals surface area contributed by atoms with Crippen molar-refractivity contribution in [1.29, 1.82) is 0 Å². The van der Waals surface area contributed by atoms with Crippen LogP contribution in [0.5, 0.6) is 5.75 Å². The van der Waals surface area contributed by atoms with Crippen LogP contribution in [0.4, 0.5) is 0 Å². The molecule has 0 saturated carbocycles. The molecular weight excluding hydrogens is 214 g/mol. The highest BCUT2D eigenvalue weighted by atomic mass is 16.3. The van der Waals surface area contributed by atoms with Crippen molar-refractivity contribution in [1.82, 2.24) is 4.90 Å². The molecule has 17 heavy (non-hydrogen) atoms. The van der Waals surface area contributed by atoms with Crippen LogP contribution in [-0.4, -0.2) is 29.0 Å². The van der Waals surface area contributed by atoms with Crippen LogP contribution in [-0.2, 0) is 4.79 Å². The highest BCUT2D eigenvalue weighted by Crippen LogP contribution is 2.13. The first-order chi connectivity index (χ1) is 8.25. The zero-order valence-electron chi connectivity index (χ0n) is 9.80. The van der Waals surface area contributed by atoms with E-state index in [2.05, 4.69) is 0 Å². The zero-order chi connectivity index (χ0) is 12.1. The number of rotatable bonds is 2. The number of phenolic OH excluding ortho intramolecular Hbond substituents is 1. The molecule has 1 amide bonds. The first-order valence-corrected chi connectivity index (χ1v) is 6.02. The van der Waals surface area contributed by atoms with Gasteiger partial charge in [-0.1, -0.05) is 12.1 Å². The van der Waals surface area contributed by atoms with E-state index in [4.69, 9.17) is 0 Å². The van der Waals surface area contributed by atoms with Crippen LogP contribution in [0.15, 0.2) is 30.3 Å². The Morgan fingerprint density at radius 3 is 2.71 bits per heavy atom. The Hall–Kier alpha value is -1.77. The molecule has 3 nitrogen and oxygen atoms in total. The largest absolute Gasteiger partial charge is 0.508 e. The molecule has 0 aliphatic carbocycles. The minimum atomic E-state index is 0.0630. The molecule has 1 aliphatic heterocycles. The van der Waals surface area contributed by atoms with Gasteiger partial charge < -0.3 is 10.0 Å². The standard InChI is InChI=1S/C14H17NO2/c16-13-6-4-5-12(11-13)7-8-14(17)15-9-2-1-3-10-15/h4-8,11,16H,1-3,9-10H2/b8-7+. The molecule has 0 spiro atoms. The summed E-state index contributed by atoms with van der Waals surface area (Å²) in [4.78, 5) is 13.7. The Labute approximate surface area is 101 Å². The van der Waals surface area contributed by atoms with Crippen LogP contribution in [0, 0.1) is 0 Å². The lowest BCUT2D eigenvalue weighted by atomic mass is 10.1. The molecule has 90 valence electrons. The summed E-state index contributed by atoms with van der Waals surface area (Å²) in [5.41, 5.74) is 0.843. The van der Waals surface area contributed by atoms with Gasteiger partial charge in [-0.25, -0.2) is 0 Å². The molecule has 0 aromatic heterocycles. The number of carbonyl (C=O) groups is 1. The molecule has 0 radical (unpaired) electrons. The predicted octanol–water partition coefficient (Wildman–Crippen LogP) is 2.42. The molecule has 1 N–H and O–H groups in total. The van der Waals surface area contributed by atoms with Crippen molar-refractivity contribution in [3.8, 4) is 5.75 Å². The summed E-state index contributed by atoms with van der Waals surface area (Å²) in [5.74, 6) is 0.283. The van der Waals surface area contributed by atoms with Crippen LogP contribution < -0.4 is 0 Å². The second-order valence-corrected chi connectivity index (χ2v) is 4.31. The fourth-order valence-electron chi connectivity index (χ4n) is 2.02. The van der Waals surface area contributed by atoms with Gasteiger partial charge in [-0.3, -0.25) is 4.79 Å². The molecule has 1 fully saturated rings.